The number of fused-ring (bicyclic) bond motifs is 5. The smallest absolute Gasteiger partial charge is 0.270 e. The van der Waals surface area contributed by atoms with Gasteiger partial charge in [-0.25, -0.2) is 0 Å². The third-order valence-corrected chi connectivity index (χ3v) is 11.0. The number of aliphatic imine (C=N–C) groups is 1. The number of benzene rings is 5. The van der Waals surface area contributed by atoms with E-state index >= 15 is 0 Å². The summed E-state index contributed by atoms with van der Waals surface area (Å²) in [5.41, 5.74) is 6.81. The van der Waals surface area contributed by atoms with E-state index in [0.29, 0.717) is 69.7 Å². The SMILES string of the molecule is CC=Nc1cc(OCc2cc(COc3cc4c(cc3OC)C(=O)N3c5ccccc5CC3CN4P)cc([N+](=O)[O-])c2)c(OC)cc1C(=O)N1CCc2ccccc21. The molecule has 57 heavy (non-hydrogen) atoms. The molecule has 0 fully saturated rings. The van der Waals surface area contributed by atoms with Crippen molar-refractivity contribution in [2.75, 3.05) is 41.8 Å². The van der Waals surface area contributed by atoms with Crippen molar-refractivity contribution < 1.29 is 33.5 Å². The van der Waals surface area contributed by atoms with Gasteiger partial charge < -0.3 is 33.4 Å². The zero-order chi connectivity index (χ0) is 39.8. The first-order valence-corrected chi connectivity index (χ1v) is 19.0. The highest BCUT2D eigenvalue weighted by atomic mass is 31.0. The maximum atomic E-state index is 14.0. The first-order chi connectivity index (χ1) is 27.7. The molecule has 0 N–H and O–H groups in total. The van der Waals surface area contributed by atoms with Gasteiger partial charge >= 0.3 is 0 Å². The van der Waals surface area contributed by atoms with E-state index in [1.165, 1.54) is 26.4 Å². The van der Waals surface area contributed by atoms with Gasteiger partial charge in [0.15, 0.2) is 23.0 Å². The molecule has 8 rings (SSSR count). The van der Waals surface area contributed by atoms with Crippen LogP contribution in [0.4, 0.5) is 28.4 Å². The summed E-state index contributed by atoms with van der Waals surface area (Å²) in [6, 6.07) is 27.1. The highest BCUT2D eigenvalue weighted by Crippen LogP contribution is 2.44. The number of para-hydroxylation sites is 2. The average Bonchev–Trinajstić information content (AvgIpc) is 3.80. The van der Waals surface area contributed by atoms with Crippen molar-refractivity contribution in [3.05, 3.63) is 134 Å². The van der Waals surface area contributed by atoms with Gasteiger partial charge in [0.25, 0.3) is 17.5 Å². The molecule has 0 radical (unpaired) electrons. The van der Waals surface area contributed by atoms with Gasteiger partial charge in [-0.1, -0.05) is 36.4 Å². The summed E-state index contributed by atoms with van der Waals surface area (Å²) in [6.07, 6.45) is 3.11. The van der Waals surface area contributed by atoms with E-state index in [9.17, 15) is 19.7 Å². The molecular formula is C43H40N5O8P. The lowest BCUT2D eigenvalue weighted by Crippen LogP contribution is -2.40. The van der Waals surface area contributed by atoms with Crippen LogP contribution in [-0.4, -0.2) is 56.3 Å². The molecule has 14 heteroatoms. The molecule has 3 heterocycles. The number of carbonyl (C=O) groups excluding carboxylic acids is 2. The fraction of sp³-hybridized carbons (Fsp3) is 0.233. The van der Waals surface area contributed by atoms with Gasteiger partial charge in [0, 0.05) is 54.9 Å². The van der Waals surface area contributed by atoms with Crippen molar-refractivity contribution in [2.24, 2.45) is 4.99 Å². The van der Waals surface area contributed by atoms with Crippen molar-refractivity contribution in [1.29, 1.82) is 0 Å². The second-order valence-electron chi connectivity index (χ2n) is 13.9. The van der Waals surface area contributed by atoms with E-state index < -0.39 is 4.92 Å². The summed E-state index contributed by atoms with van der Waals surface area (Å²) in [5, 5.41) is 12.1. The van der Waals surface area contributed by atoms with Crippen LogP contribution in [0.2, 0.25) is 0 Å². The van der Waals surface area contributed by atoms with Crippen molar-refractivity contribution in [3.8, 4) is 23.0 Å². The largest absolute Gasteiger partial charge is 0.493 e. The number of hydrogen-bond donors (Lipinski definition) is 0. The van der Waals surface area contributed by atoms with Crippen LogP contribution in [0.25, 0.3) is 0 Å². The van der Waals surface area contributed by atoms with E-state index in [4.69, 9.17) is 18.9 Å². The Morgan fingerprint density at radius 2 is 1.51 bits per heavy atom. The first-order valence-electron chi connectivity index (χ1n) is 18.5. The normalized spacial score (nSPS) is 15.5. The molecule has 0 bridgehead atoms. The van der Waals surface area contributed by atoms with Crippen LogP contribution in [0.5, 0.6) is 23.0 Å². The number of nitro groups is 1. The summed E-state index contributed by atoms with van der Waals surface area (Å²) in [5.74, 6) is 1.04. The molecule has 0 aromatic heterocycles. The van der Waals surface area contributed by atoms with E-state index in [1.54, 1.807) is 48.4 Å². The second kappa shape index (κ2) is 15.6. The maximum Gasteiger partial charge on any atom is 0.270 e. The molecule has 5 aromatic rings. The van der Waals surface area contributed by atoms with E-state index in [2.05, 4.69) is 20.4 Å². The van der Waals surface area contributed by atoms with Crippen LogP contribution >= 0.6 is 9.39 Å². The van der Waals surface area contributed by atoms with Gasteiger partial charge in [-0.05, 0) is 81.7 Å². The maximum absolute atomic E-state index is 14.0. The van der Waals surface area contributed by atoms with E-state index in [1.807, 2.05) is 52.0 Å². The Balaban J connectivity index is 1.03. The lowest BCUT2D eigenvalue weighted by atomic mass is 10.1. The van der Waals surface area contributed by atoms with Crippen molar-refractivity contribution in [2.45, 2.75) is 39.0 Å². The molecule has 3 aliphatic rings. The highest BCUT2D eigenvalue weighted by molar-refractivity contribution is 7.19. The van der Waals surface area contributed by atoms with E-state index in [0.717, 1.165) is 35.3 Å². The third kappa shape index (κ3) is 7.10. The average molecular weight is 786 g/mol. The summed E-state index contributed by atoms with van der Waals surface area (Å²) in [7, 11) is 5.71. The standard InChI is InChI=1S/C43H40N5O8P/c1-4-44-34-21-40(38(53-2)19-32(34)42(49)45-14-13-28-9-5-7-11-35(28)45)55-24-26-15-27(17-30(16-26)48(51)52)25-56-41-22-37-33(20-39(41)54-3)43(50)47-31(23-46(37)57)18-29-10-6-8-12-36(29)47/h4-12,15-17,19-22,31H,13-14,18,23-25,57H2,1-3H3. The third-order valence-electron chi connectivity index (χ3n) is 10.5. The fourth-order valence-corrected chi connectivity index (χ4v) is 8.29. The number of anilines is 3. The summed E-state index contributed by atoms with van der Waals surface area (Å²) in [6.45, 7) is 2.81. The van der Waals surface area contributed by atoms with Gasteiger partial charge in [-0.2, -0.15) is 0 Å². The second-order valence-corrected chi connectivity index (χ2v) is 14.5. The molecule has 3 aliphatic heterocycles. The molecule has 0 saturated heterocycles. The number of carbonyl (C=O) groups is 2. The molecule has 2 atom stereocenters. The minimum absolute atomic E-state index is 0.0358. The monoisotopic (exact) mass is 785 g/mol. The van der Waals surface area contributed by atoms with Crippen LogP contribution in [0, 0.1) is 10.1 Å². The van der Waals surface area contributed by atoms with Crippen LogP contribution in [-0.2, 0) is 26.1 Å². The van der Waals surface area contributed by atoms with Crippen LogP contribution in [0.15, 0.2) is 96.0 Å². The molecule has 5 aromatic carbocycles. The zero-order valence-electron chi connectivity index (χ0n) is 31.6. The van der Waals surface area contributed by atoms with Crippen LogP contribution in [0.3, 0.4) is 0 Å². The Bertz CT molecular complexity index is 2460. The molecule has 290 valence electrons. The Hall–Kier alpha value is -6.46. The van der Waals surface area contributed by atoms with Crippen molar-refractivity contribution in [1.82, 2.24) is 0 Å². The number of rotatable bonds is 11. The number of methoxy groups -OCH3 is 2. The first kappa shape index (κ1) is 37.5. The minimum Gasteiger partial charge on any atom is -0.493 e. The molecule has 2 amide bonds. The Labute approximate surface area is 331 Å². The van der Waals surface area contributed by atoms with Gasteiger partial charge in [-0.15, -0.1) is 0 Å². The Morgan fingerprint density at radius 3 is 2.19 bits per heavy atom. The van der Waals surface area contributed by atoms with Crippen molar-refractivity contribution in [3.63, 3.8) is 0 Å². The summed E-state index contributed by atoms with van der Waals surface area (Å²) >= 11 is 0. The summed E-state index contributed by atoms with van der Waals surface area (Å²) in [4.78, 5) is 47.5. The zero-order valence-corrected chi connectivity index (χ0v) is 32.8. The fourth-order valence-electron chi connectivity index (χ4n) is 7.84. The molecule has 0 saturated carbocycles. The van der Waals surface area contributed by atoms with E-state index in [-0.39, 0.29) is 36.8 Å². The topological polar surface area (TPSA) is 136 Å². The highest BCUT2D eigenvalue weighted by Gasteiger charge is 2.39. The van der Waals surface area contributed by atoms with Crippen LogP contribution < -0.4 is 33.4 Å². The molecule has 0 spiro atoms. The van der Waals surface area contributed by atoms with Crippen LogP contribution in [0.1, 0.15) is 49.9 Å². The molecular weight excluding hydrogens is 745 g/mol. The lowest BCUT2D eigenvalue weighted by Gasteiger charge is -2.24. The molecule has 13 nitrogen and oxygen atoms in total. The minimum atomic E-state index is -0.469. The number of non-ortho nitro benzene ring substituents is 1. The van der Waals surface area contributed by atoms with Gasteiger partial charge in [0.05, 0.1) is 47.7 Å². The van der Waals surface area contributed by atoms with Gasteiger partial charge in [-0.3, -0.25) is 24.7 Å². The number of nitrogens with zero attached hydrogens (tertiary/aromatic N) is 5. The number of nitro benzene ring substituents is 1. The summed E-state index contributed by atoms with van der Waals surface area (Å²) < 4.78 is 25.8. The quantitative estimate of drug-likeness (QED) is 0.0567. The number of hydrogen-bond acceptors (Lipinski definition) is 10. The predicted octanol–water partition coefficient (Wildman–Crippen LogP) is 7.88. The Morgan fingerprint density at radius 1 is 0.860 bits per heavy atom. The molecule has 0 aliphatic carbocycles. The van der Waals surface area contributed by atoms with Crippen molar-refractivity contribution >= 4 is 55.9 Å². The number of ether oxygens (including phenoxy) is 4. The lowest BCUT2D eigenvalue weighted by molar-refractivity contribution is -0.385. The van der Waals surface area contributed by atoms with Gasteiger partial charge in [0.1, 0.15) is 13.2 Å². The predicted molar refractivity (Wildman–Crippen MR) is 221 cm³/mol. The Kier molecular flexibility index (Phi) is 10.2. The van der Waals surface area contributed by atoms with Gasteiger partial charge in [0.2, 0.25) is 0 Å². The number of amides is 2. The molecule has 2 unspecified atom stereocenters.